The largest absolute Gasteiger partial charge is 0.494 e. The van der Waals surface area contributed by atoms with Crippen molar-refractivity contribution in [1.82, 2.24) is 20.1 Å². The van der Waals surface area contributed by atoms with Crippen LogP contribution >= 0.6 is 11.3 Å². The van der Waals surface area contributed by atoms with Crippen LogP contribution < -0.4 is 9.47 Å². The molecular weight excluding hydrogens is 444 g/mol. The molecule has 10 heteroatoms. The second-order valence-electron chi connectivity index (χ2n) is 7.40. The summed E-state index contributed by atoms with van der Waals surface area (Å²) in [6.45, 7) is 2.34. The van der Waals surface area contributed by atoms with E-state index >= 15 is 0 Å². The van der Waals surface area contributed by atoms with Gasteiger partial charge in [-0.1, -0.05) is 6.07 Å². The number of morpholine rings is 1. The lowest BCUT2D eigenvalue weighted by Crippen LogP contribution is -2.42. The third-order valence-corrected chi connectivity index (χ3v) is 6.26. The van der Waals surface area contributed by atoms with Crippen LogP contribution in [0.5, 0.6) is 11.5 Å². The summed E-state index contributed by atoms with van der Waals surface area (Å²) < 4.78 is 23.2. The number of hydrogen-bond acceptors (Lipinski definition) is 9. The summed E-state index contributed by atoms with van der Waals surface area (Å²) in [5.74, 6) is 2.20. The Bertz CT molecular complexity index is 1250. The summed E-state index contributed by atoms with van der Waals surface area (Å²) in [7, 11) is 1.64. The maximum Gasteiger partial charge on any atom is 0.260 e. The molecule has 170 valence electrons. The molecule has 0 N–H and O–H groups in total. The van der Waals surface area contributed by atoms with Gasteiger partial charge < -0.3 is 23.5 Å². The summed E-state index contributed by atoms with van der Waals surface area (Å²) in [4.78, 5) is 18.6. The first-order valence-corrected chi connectivity index (χ1v) is 11.3. The number of para-hydroxylation sites is 1. The maximum atomic E-state index is 12.2. The van der Waals surface area contributed by atoms with Crippen molar-refractivity contribution in [2.75, 3.05) is 40.0 Å². The molecule has 2 aromatic heterocycles. The summed E-state index contributed by atoms with van der Waals surface area (Å²) >= 11 is 1.57. The molecule has 9 nitrogen and oxygen atoms in total. The molecule has 3 heterocycles. The molecule has 0 bridgehead atoms. The van der Waals surface area contributed by atoms with E-state index in [4.69, 9.17) is 18.6 Å². The van der Waals surface area contributed by atoms with Crippen molar-refractivity contribution in [3.8, 4) is 23.0 Å². The number of rotatable bonds is 7. The van der Waals surface area contributed by atoms with Gasteiger partial charge in [-0.05, 0) is 36.4 Å². The summed E-state index contributed by atoms with van der Waals surface area (Å²) in [5, 5.41) is 9.19. The molecule has 0 aliphatic carbocycles. The maximum absolute atomic E-state index is 12.2. The fraction of sp³-hybridized carbons (Fsp3) is 0.304. The first kappa shape index (κ1) is 21.4. The molecule has 0 saturated carbocycles. The Labute approximate surface area is 193 Å². The highest BCUT2D eigenvalue weighted by atomic mass is 32.1. The first-order chi connectivity index (χ1) is 16.2. The van der Waals surface area contributed by atoms with E-state index in [1.165, 1.54) is 0 Å². The van der Waals surface area contributed by atoms with Crippen LogP contribution in [0.1, 0.15) is 10.9 Å². The number of methoxy groups -OCH3 is 1. The van der Waals surface area contributed by atoms with E-state index in [-0.39, 0.29) is 12.5 Å². The Morgan fingerprint density at radius 1 is 1.12 bits per heavy atom. The number of thiazole rings is 1. The summed E-state index contributed by atoms with van der Waals surface area (Å²) in [5.41, 5.74) is 1.61. The van der Waals surface area contributed by atoms with Gasteiger partial charge in [0.2, 0.25) is 11.8 Å². The predicted octanol–water partition coefficient (Wildman–Crippen LogP) is 3.18. The van der Waals surface area contributed by atoms with Crippen LogP contribution in [0, 0.1) is 0 Å². The number of carbonyl (C=O) groups is 1. The smallest absolute Gasteiger partial charge is 0.260 e. The van der Waals surface area contributed by atoms with Crippen LogP contribution in [0.2, 0.25) is 0 Å². The van der Waals surface area contributed by atoms with Gasteiger partial charge in [-0.3, -0.25) is 4.79 Å². The highest BCUT2D eigenvalue weighted by Crippen LogP contribution is 2.31. The van der Waals surface area contributed by atoms with E-state index in [1.54, 1.807) is 35.5 Å². The van der Waals surface area contributed by atoms with Crippen LogP contribution in [0.4, 0.5) is 0 Å². The van der Waals surface area contributed by atoms with Crippen molar-refractivity contribution in [3.05, 3.63) is 53.4 Å². The molecule has 0 unspecified atom stereocenters. The summed E-state index contributed by atoms with van der Waals surface area (Å²) in [6, 6.07) is 13.1. The third kappa shape index (κ3) is 4.81. The van der Waals surface area contributed by atoms with Gasteiger partial charge in [0.25, 0.3) is 5.91 Å². The molecule has 5 rings (SSSR count). The molecule has 2 aromatic carbocycles. The Balaban J connectivity index is 1.21. The Kier molecular flexibility index (Phi) is 6.18. The molecule has 1 saturated heterocycles. The van der Waals surface area contributed by atoms with Gasteiger partial charge in [-0.15, -0.1) is 21.5 Å². The number of nitrogens with zero attached hydrogens (tertiary/aromatic N) is 4. The van der Waals surface area contributed by atoms with Crippen LogP contribution in [0.15, 0.2) is 46.9 Å². The lowest BCUT2D eigenvalue weighted by atomic mass is 10.2. The van der Waals surface area contributed by atoms with E-state index < -0.39 is 0 Å². The van der Waals surface area contributed by atoms with Crippen LogP contribution in [-0.2, 0) is 16.0 Å². The number of ether oxygens (including phenoxy) is 3. The molecule has 4 aromatic rings. The standard InChI is InChI=1S/C23H22N4O5S/c1-29-17-3-2-4-18-22(17)24-20(33-18)13-19-25-26-23(32-19)15-5-7-16(8-6-15)31-14-21(28)27-9-11-30-12-10-27/h2-8H,9-14H2,1H3. The van der Waals surface area contributed by atoms with Crippen molar-refractivity contribution in [3.63, 3.8) is 0 Å². The van der Waals surface area contributed by atoms with Crippen LogP contribution in [0.25, 0.3) is 21.7 Å². The minimum absolute atomic E-state index is 0.00297. The molecule has 1 aliphatic rings. The molecular formula is C23H22N4O5S. The number of hydrogen-bond donors (Lipinski definition) is 0. The minimum atomic E-state index is -0.0450. The van der Waals surface area contributed by atoms with Crippen LogP contribution in [0.3, 0.4) is 0 Å². The number of fused-ring (bicyclic) bond motifs is 1. The van der Waals surface area contributed by atoms with Crippen molar-refractivity contribution in [1.29, 1.82) is 0 Å². The van der Waals surface area contributed by atoms with E-state index in [2.05, 4.69) is 15.2 Å². The van der Waals surface area contributed by atoms with Crippen LogP contribution in [-0.4, -0.2) is 66.0 Å². The van der Waals surface area contributed by atoms with Crippen molar-refractivity contribution in [2.45, 2.75) is 6.42 Å². The molecule has 0 spiro atoms. The number of amides is 1. The average Bonchev–Trinajstić information content (AvgIpc) is 3.50. The lowest BCUT2D eigenvalue weighted by Gasteiger charge is -2.26. The van der Waals surface area contributed by atoms with Gasteiger partial charge >= 0.3 is 0 Å². The zero-order chi connectivity index (χ0) is 22.6. The minimum Gasteiger partial charge on any atom is -0.494 e. The molecule has 1 aliphatic heterocycles. The van der Waals surface area contributed by atoms with Crippen molar-refractivity contribution in [2.24, 2.45) is 0 Å². The molecule has 33 heavy (non-hydrogen) atoms. The number of benzene rings is 2. The van der Waals surface area contributed by atoms with E-state index in [0.29, 0.717) is 50.3 Å². The van der Waals surface area contributed by atoms with Gasteiger partial charge in [-0.2, -0.15) is 0 Å². The van der Waals surface area contributed by atoms with Gasteiger partial charge in [0.05, 0.1) is 31.4 Å². The Hall–Kier alpha value is -3.50. The zero-order valence-electron chi connectivity index (χ0n) is 18.0. The normalized spacial score (nSPS) is 13.9. The van der Waals surface area contributed by atoms with E-state index in [0.717, 1.165) is 26.5 Å². The monoisotopic (exact) mass is 466 g/mol. The fourth-order valence-electron chi connectivity index (χ4n) is 3.52. The Morgan fingerprint density at radius 3 is 2.73 bits per heavy atom. The van der Waals surface area contributed by atoms with Crippen molar-refractivity contribution >= 4 is 27.5 Å². The highest BCUT2D eigenvalue weighted by molar-refractivity contribution is 7.18. The van der Waals surface area contributed by atoms with Crippen molar-refractivity contribution < 1.29 is 23.4 Å². The second kappa shape index (κ2) is 9.55. The SMILES string of the molecule is COc1cccc2sc(Cc3nnc(-c4ccc(OCC(=O)N5CCOCC5)cc4)o3)nc12. The van der Waals surface area contributed by atoms with Gasteiger partial charge in [0.1, 0.15) is 22.0 Å². The number of aromatic nitrogens is 3. The fourth-order valence-corrected chi connectivity index (χ4v) is 4.50. The molecule has 1 amide bonds. The number of carbonyl (C=O) groups excluding carboxylic acids is 1. The predicted molar refractivity (Wildman–Crippen MR) is 122 cm³/mol. The second-order valence-corrected chi connectivity index (χ2v) is 8.51. The zero-order valence-corrected chi connectivity index (χ0v) is 18.8. The molecule has 0 atom stereocenters. The quantitative estimate of drug-likeness (QED) is 0.409. The topological polar surface area (TPSA) is 99.8 Å². The molecule has 1 fully saturated rings. The van der Waals surface area contributed by atoms with E-state index in [9.17, 15) is 4.79 Å². The van der Waals surface area contributed by atoms with Gasteiger partial charge in [0, 0.05) is 18.7 Å². The summed E-state index contributed by atoms with van der Waals surface area (Å²) in [6.07, 6.45) is 0.445. The molecule has 0 radical (unpaired) electrons. The first-order valence-electron chi connectivity index (χ1n) is 10.5. The Morgan fingerprint density at radius 2 is 1.94 bits per heavy atom. The lowest BCUT2D eigenvalue weighted by molar-refractivity contribution is -0.137. The van der Waals surface area contributed by atoms with E-state index in [1.807, 2.05) is 30.3 Å². The van der Waals surface area contributed by atoms with Gasteiger partial charge in [0.15, 0.2) is 6.61 Å². The third-order valence-electron chi connectivity index (χ3n) is 5.24. The average molecular weight is 467 g/mol. The van der Waals surface area contributed by atoms with Gasteiger partial charge in [-0.25, -0.2) is 4.98 Å². The highest BCUT2D eigenvalue weighted by Gasteiger charge is 2.17.